The van der Waals surface area contributed by atoms with Crippen molar-refractivity contribution in [1.29, 1.82) is 0 Å². The number of nitrogen functional groups attached to an aromatic ring is 1. The third-order valence-electron chi connectivity index (χ3n) is 3.60. The number of rotatable bonds is 5. The van der Waals surface area contributed by atoms with E-state index in [9.17, 15) is 4.79 Å². The van der Waals surface area contributed by atoms with Gasteiger partial charge in [-0.2, -0.15) is 0 Å². The van der Waals surface area contributed by atoms with Crippen molar-refractivity contribution < 1.29 is 14.3 Å². The van der Waals surface area contributed by atoms with Gasteiger partial charge in [0.1, 0.15) is 6.61 Å². The molecule has 0 saturated heterocycles. The summed E-state index contributed by atoms with van der Waals surface area (Å²) in [6.45, 7) is 0.0510. The second-order valence-corrected chi connectivity index (χ2v) is 5.09. The van der Waals surface area contributed by atoms with E-state index in [1.165, 1.54) is 0 Å². The molecule has 1 saturated carbocycles. The SMILES string of the molecule is COC1CCCC(OCC(=O)Nc2ccccc2N)C1. The molecule has 2 unspecified atom stereocenters. The molecule has 1 aliphatic rings. The third-order valence-corrected chi connectivity index (χ3v) is 3.60. The van der Waals surface area contributed by atoms with Crippen molar-refractivity contribution in [2.24, 2.45) is 0 Å². The van der Waals surface area contributed by atoms with E-state index in [0.29, 0.717) is 11.4 Å². The second-order valence-electron chi connectivity index (χ2n) is 5.09. The number of nitrogens with one attached hydrogen (secondary N) is 1. The zero-order chi connectivity index (χ0) is 14.4. The summed E-state index contributed by atoms with van der Waals surface area (Å²) >= 11 is 0. The second kappa shape index (κ2) is 7.26. The van der Waals surface area contributed by atoms with Gasteiger partial charge in [0.05, 0.1) is 23.6 Å². The molecule has 0 bridgehead atoms. The molecule has 0 spiro atoms. The van der Waals surface area contributed by atoms with Crippen LogP contribution < -0.4 is 11.1 Å². The Kier molecular flexibility index (Phi) is 5.38. The normalized spacial score (nSPS) is 22.4. The lowest BCUT2D eigenvalue weighted by Gasteiger charge is -2.28. The Balaban J connectivity index is 1.76. The fraction of sp³-hybridized carbons (Fsp3) is 0.533. The van der Waals surface area contributed by atoms with Crippen molar-refractivity contribution in [1.82, 2.24) is 0 Å². The van der Waals surface area contributed by atoms with Crippen LogP contribution in [0.1, 0.15) is 25.7 Å². The molecule has 5 heteroatoms. The molecule has 0 aliphatic heterocycles. The highest BCUT2D eigenvalue weighted by Crippen LogP contribution is 2.23. The summed E-state index contributed by atoms with van der Waals surface area (Å²) in [6, 6.07) is 7.18. The van der Waals surface area contributed by atoms with Crippen molar-refractivity contribution in [3.05, 3.63) is 24.3 Å². The van der Waals surface area contributed by atoms with Gasteiger partial charge in [0.15, 0.2) is 0 Å². The van der Waals surface area contributed by atoms with Crippen LogP contribution in [0.15, 0.2) is 24.3 Å². The maximum Gasteiger partial charge on any atom is 0.250 e. The first-order valence-electron chi connectivity index (χ1n) is 6.98. The number of ether oxygens (including phenoxy) is 2. The van der Waals surface area contributed by atoms with E-state index in [1.807, 2.05) is 12.1 Å². The van der Waals surface area contributed by atoms with Crippen LogP contribution in [-0.2, 0) is 14.3 Å². The predicted molar refractivity (Wildman–Crippen MR) is 78.5 cm³/mol. The molecule has 0 aromatic heterocycles. The molecule has 2 rings (SSSR count). The van der Waals surface area contributed by atoms with E-state index in [1.54, 1.807) is 19.2 Å². The number of benzene rings is 1. The summed E-state index contributed by atoms with van der Waals surface area (Å²) in [5, 5.41) is 2.75. The van der Waals surface area contributed by atoms with Crippen LogP contribution in [0, 0.1) is 0 Å². The van der Waals surface area contributed by atoms with Crippen molar-refractivity contribution >= 4 is 17.3 Å². The highest BCUT2D eigenvalue weighted by atomic mass is 16.5. The van der Waals surface area contributed by atoms with Crippen LogP contribution in [-0.4, -0.2) is 31.8 Å². The molecule has 1 fully saturated rings. The molecule has 1 aliphatic carbocycles. The number of carbonyl (C=O) groups is 1. The predicted octanol–water partition coefficient (Wildman–Crippen LogP) is 2.18. The number of methoxy groups -OCH3 is 1. The molecular formula is C15H22N2O3. The van der Waals surface area contributed by atoms with E-state index in [4.69, 9.17) is 15.2 Å². The Labute approximate surface area is 119 Å². The maximum atomic E-state index is 11.8. The van der Waals surface area contributed by atoms with Crippen LogP contribution in [0.4, 0.5) is 11.4 Å². The quantitative estimate of drug-likeness (QED) is 0.810. The largest absolute Gasteiger partial charge is 0.397 e. The zero-order valence-corrected chi connectivity index (χ0v) is 11.8. The molecule has 0 heterocycles. The van der Waals surface area contributed by atoms with Crippen LogP contribution in [0.3, 0.4) is 0 Å². The van der Waals surface area contributed by atoms with Crippen LogP contribution in [0.2, 0.25) is 0 Å². The van der Waals surface area contributed by atoms with Gasteiger partial charge >= 0.3 is 0 Å². The summed E-state index contributed by atoms with van der Waals surface area (Å²) in [6.07, 6.45) is 4.35. The number of nitrogens with two attached hydrogens (primary N) is 1. The van der Waals surface area contributed by atoms with Crippen molar-refractivity contribution in [2.45, 2.75) is 37.9 Å². The first kappa shape index (κ1) is 14.8. The fourth-order valence-electron chi connectivity index (χ4n) is 2.46. The van der Waals surface area contributed by atoms with Gasteiger partial charge in [-0.1, -0.05) is 12.1 Å². The topological polar surface area (TPSA) is 73.6 Å². The molecular weight excluding hydrogens is 256 g/mol. The summed E-state index contributed by atoms with van der Waals surface area (Å²) in [7, 11) is 1.72. The van der Waals surface area contributed by atoms with Gasteiger partial charge in [-0.25, -0.2) is 0 Å². The lowest BCUT2D eigenvalue weighted by molar-refractivity contribution is -0.124. The minimum Gasteiger partial charge on any atom is -0.397 e. The highest BCUT2D eigenvalue weighted by Gasteiger charge is 2.22. The van der Waals surface area contributed by atoms with E-state index >= 15 is 0 Å². The van der Waals surface area contributed by atoms with Gasteiger partial charge < -0.3 is 20.5 Å². The Morgan fingerprint density at radius 2 is 2.10 bits per heavy atom. The number of para-hydroxylation sites is 2. The molecule has 3 N–H and O–H groups in total. The number of hydrogen-bond donors (Lipinski definition) is 2. The standard InChI is InChI=1S/C15H22N2O3/c1-19-11-5-4-6-12(9-11)20-10-15(18)17-14-8-3-2-7-13(14)16/h2-3,7-8,11-12H,4-6,9-10,16H2,1H3,(H,17,18). The Morgan fingerprint density at radius 1 is 1.35 bits per heavy atom. The fourth-order valence-corrected chi connectivity index (χ4v) is 2.46. The van der Waals surface area contributed by atoms with Gasteiger partial charge in [0.25, 0.3) is 0 Å². The van der Waals surface area contributed by atoms with Gasteiger partial charge in [-0.3, -0.25) is 4.79 Å². The van der Waals surface area contributed by atoms with Gasteiger partial charge in [0, 0.05) is 7.11 Å². The van der Waals surface area contributed by atoms with Crippen LogP contribution in [0.5, 0.6) is 0 Å². The Morgan fingerprint density at radius 3 is 2.85 bits per heavy atom. The smallest absolute Gasteiger partial charge is 0.250 e. The average Bonchev–Trinajstić information content (AvgIpc) is 2.48. The monoisotopic (exact) mass is 278 g/mol. The maximum absolute atomic E-state index is 11.8. The first-order valence-corrected chi connectivity index (χ1v) is 6.98. The van der Waals surface area contributed by atoms with Crippen LogP contribution in [0.25, 0.3) is 0 Å². The molecule has 5 nitrogen and oxygen atoms in total. The lowest BCUT2D eigenvalue weighted by Crippen LogP contribution is -2.30. The van der Waals surface area contributed by atoms with Crippen LogP contribution >= 0.6 is 0 Å². The molecule has 110 valence electrons. The zero-order valence-electron chi connectivity index (χ0n) is 11.8. The van der Waals surface area contributed by atoms with E-state index in [2.05, 4.69) is 5.32 Å². The summed E-state index contributed by atoms with van der Waals surface area (Å²) < 4.78 is 11.0. The van der Waals surface area contributed by atoms with Crippen molar-refractivity contribution in [2.75, 3.05) is 24.8 Å². The molecule has 1 amide bonds. The van der Waals surface area contributed by atoms with E-state index in [-0.39, 0.29) is 24.7 Å². The first-order chi connectivity index (χ1) is 9.69. The molecule has 20 heavy (non-hydrogen) atoms. The van der Waals surface area contributed by atoms with Gasteiger partial charge in [-0.15, -0.1) is 0 Å². The number of hydrogen-bond acceptors (Lipinski definition) is 4. The number of anilines is 2. The van der Waals surface area contributed by atoms with E-state index in [0.717, 1.165) is 25.7 Å². The molecule has 2 atom stereocenters. The van der Waals surface area contributed by atoms with Crippen molar-refractivity contribution in [3.8, 4) is 0 Å². The third kappa shape index (κ3) is 4.21. The minimum absolute atomic E-state index is 0.0510. The summed E-state index contributed by atoms with van der Waals surface area (Å²) in [5.41, 5.74) is 6.95. The van der Waals surface area contributed by atoms with Gasteiger partial charge in [-0.05, 0) is 37.8 Å². The van der Waals surface area contributed by atoms with E-state index < -0.39 is 0 Å². The summed E-state index contributed by atoms with van der Waals surface area (Å²) in [4.78, 5) is 11.8. The van der Waals surface area contributed by atoms with Crippen molar-refractivity contribution in [3.63, 3.8) is 0 Å². The average molecular weight is 278 g/mol. The van der Waals surface area contributed by atoms with Gasteiger partial charge in [0.2, 0.25) is 5.91 Å². The molecule has 1 aromatic carbocycles. The Hall–Kier alpha value is -1.59. The number of amides is 1. The molecule has 0 radical (unpaired) electrons. The minimum atomic E-state index is -0.178. The number of carbonyl (C=O) groups excluding carboxylic acids is 1. The molecule has 1 aromatic rings. The highest BCUT2D eigenvalue weighted by molar-refractivity contribution is 5.94. The lowest BCUT2D eigenvalue weighted by atomic mass is 9.95. The summed E-state index contributed by atoms with van der Waals surface area (Å²) in [5.74, 6) is -0.178. The Bertz CT molecular complexity index is 450.